The number of rotatable bonds is 2. The number of benzene rings is 1. The Hall–Kier alpha value is -1.10. The third-order valence-corrected chi connectivity index (χ3v) is 3.28. The molecule has 0 spiro atoms. The van der Waals surface area contributed by atoms with Crippen molar-refractivity contribution in [3.05, 3.63) is 44.9 Å². The van der Waals surface area contributed by atoms with Gasteiger partial charge in [0.05, 0.1) is 5.69 Å². The molecule has 88 valence electrons. The number of carbonyl (C=O) groups excluding carboxylic acids is 1. The van der Waals surface area contributed by atoms with Gasteiger partial charge < -0.3 is 0 Å². The minimum absolute atomic E-state index is 0.274. The summed E-state index contributed by atoms with van der Waals surface area (Å²) in [4.78, 5) is 16.0. The third kappa shape index (κ3) is 3.19. The maximum atomic E-state index is 11.9. The molecule has 0 bridgehead atoms. The van der Waals surface area contributed by atoms with Crippen molar-refractivity contribution in [1.82, 2.24) is 4.98 Å². The Morgan fingerprint density at radius 3 is 2.47 bits per heavy atom. The van der Waals surface area contributed by atoms with Crippen LogP contribution in [0.25, 0.3) is 0 Å². The normalized spacial score (nSPS) is 10.3. The molecule has 0 aliphatic rings. The number of aromatic nitrogens is 1. The molecule has 17 heavy (non-hydrogen) atoms. The molecule has 3 nitrogen and oxygen atoms in total. The lowest BCUT2D eigenvalue weighted by Gasteiger charge is -2.03. The minimum atomic E-state index is -0.274. The van der Waals surface area contributed by atoms with Crippen molar-refractivity contribution >= 4 is 45.6 Å². The maximum absolute atomic E-state index is 11.9. The van der Waals surface area contributed by atoms with E-state index in [9.17, 15) is 4.79 Å². The predicted octanol–water partition coefficient (Wildman–Crippen LogP) is 4.01. The highest BCUT2D eigenvalue weighted by Gasteiger charge is 2.09. The summed E-state index contributed by atoms with van der Waals surface area (Å²) in [5, 5.41) is 5.96. The standard InChI is InChI=1S/C11H8Cl2N2OS/c1-6-5-17-11(14-6)15-10(16)7-2-8(12)4-9(13)3-7/h2-5H,1H3,(H,14,15,16). The lowest BCUT2D eigenvalue weighted by molar-refractivity contribution is 0.102. The zero-order valence-electron chi connectivity index (χ0n) is 8.83. The SMILES string of the molecule is Cc1csc(NC(=O)c2cc(Cl)cc(Cl)c2)n1. The Morgan fingerprint density at radius 2 is 1.94 bits per heavy atom. The molecule has 2 rings (SSSR count). The van der Waals surface area contributed by atoms with Crippen LogP contribution in [0.4, 0.5) is 5.13 Å². The number of hydrogen-bond acceptors (Lipinski definition) is 3. The van der Waals surface area contributed by atoms with Gasteiger partial charge in [-0.15, -0.1) is 11.3 Å². The van der Waals surface area contributed by atoms with Gasteiger partial charge in [0.15, 0.2) is 5.13 Å². The Morgan fingerprint density at radius 1 is 1.29 bits per heavy atom. The van der Waals surface area contributed by atoms with Crippen molar-refractivity contribution < 1.29 is 4.79 Å². The molecule has 0 fully saturated rings. The van der Waals surface area contributed by atoms with Gasteiger partial charge in [-0.3, -0.25) is 10.1 Å². The largest absolute Gasteiger partial charge is 0.298 e. The molecule has 0 aliphatic carbocycles. The van der Waals surface area contributed by atoms with Crippen LogP contribution in [0.15, 0.2) is 23.6 Å². The average molecular weight is 287 g/mol. The van der Waals surface area contributed by atoms with Crippen molar-refractivity contribution in [3.8, 4) is 0 Å². The smallest absolute Gasteiger partial charge is 0.257 e. The molecule has 6 heteroatoms. The van der Waals surface area contributed by atoms with Crippen molar-refractivity contribution in [1.29, 1.82) is 0 Å². The summed E-state index contributed by atoms with van der Waals surface area (Å²) in [6.07, 6.45) is 0. The minimum Gasteiger partial charge on any atom is -0.298 e. The number of anilines is 1. The van der Waals surface area contributed by atoms with E-state index in [0.717, 1.165) is 5.69 Å². The summed E-state index contributed by atoms with van der Waals surface area (Å²) in [6, 6.07) is 4.69. The second kappa shape index (κ2) is 5.04. The van der Waals surface area contributed by atoms with Gasteiger partial charge in [-0.2, -0.15) is 0 Å². The van der Waals surface area contributed by atoms with Crippen molar-refractivity contribution in [2.45, 2.75) is 6.92 Å². The van der Waals surface area contributed by atoms with Crippen LogP contribution >= 0.6 is 34.5 Å². The van der Waals surface area contributed by atoms with Crippen LogP contribution in [0.2, 0.25) is 10.0 Å². The van der Waals surface area contributed by atoms with E-state index in [-0.39, 0.29) is 5.91 Å². The lowest BCUT2D eigenvalue weighted by atomic mass is 10.2. The molecule has 1 N–H and O–H groups in total. The zero-order chi connectivity index (χ0) is 12.4. The van der Waals surface area contributed by atoms with E-state index in [0.29, 0.717) is 20.7 Å². The summed E-state index contributed by atoms with van der Waals surface area (Å²) in [6.45, 7) is 1.86. The molecule has 1 aromatic heterocycles. The number of hydrogen-bond donors (Lipinski definition) is 1. The molecule has 0 radical (unpaired) electrons. The summed E-state index contributed by atoms with van der Waals surface area (Å²) < 4.78 is 0. The molecule has 1 amide bonds. The van der Waals surface area contributed by atoms with E-state index in [1.165, 1.54) is 11.3 Å². The van der Waals surface area contributed by atoms with Gasteiger partial charge >= 0.3 is 0 Å². The van der Waals surface area contributed by atoms with E-state index < -0.39 is 0 Å². The van der Waals surface area contributed by atoms with E-state index in [4.69, 9.17) is 23.2 Å². The van der Waals surface area contributed by atoms with Crippen LogP contribution in [0.1, 0.15) is 16.1 Å². The Bertz CT molecular complexity index is 548. The van der Waals surface area contributed by atoms with Crippen LogP contribution in [0.5, 0.6) is 0 Å². The van der Waals surface area contributed by atoms with Crippen LogP contribution in [0.3, 0.4) is 0 Å². The van der Waals surface area contributed by atoms with Gasteiger partial charge in [-0.1, -0.05) is 23.2 Å². The monoisotopic (exact) mass is 286 g/mol. The Balaban J connectivity index is 2.19. The molecule has 1 heterocycles. The van der Waals surface area contributed by atoms with Gasteiger partial charge in [0.2, 0.25) is 0 Å². The van der Waals surface area contributed by atoms with Crippen LogP contribution < -0.4 is 5.32 Å². The van der Waals surface area contributed by atoms with E-state index in [1.54, 1.807) is 18.2 Å². The number of aryl methyl sites for hydroxylation is 1. The number of halogens is 2. The zero-order valence-corrected chi connectivity index (χ0v) is 11.2. The fourth-order valence-electron chi connectivity index (χ4n) is 1.27. The van der Waals surface area contributed by atoms with E-state index in [2.05, 4.69) is 10.3 Å². The second-order valence-electron chi connectivity index (χ2n) is 3.41. The average Bonchev–Trinajstić information content (AvgIpc) is 2.62. The van der Waals surface area contributed by atoms with Crippen molar-refractivity contribution in [2.75, 3.05) is 5.32 Å². The van der Waals surface area contributed by atoms with Gasteiger partial charge in [0.1, 0.15) is 0 Å². The van der Waals surface area contributed by atoms with Crippen molar-refractivity contribution in [3.63, 3.8) is 0 Å². The molecular weight excluding hydrogens is 279 g/mol. The number of thiazole rings is 1. The molecule has 2 aromatic rings. The van der Waals surface area contributed by atoms with Crippen LogP contribution in [0, 0.1) is 6.92 Å². The molecule has 0 saturated heterocycles. The fraction of sp³-hybridized carbons (Fsp3) is 0.0909. The predicted molar refractivity (Wildman–Crippen MR) is 71.3 cm³/mol. The Labute approximate surface area is 112 Å². The summed E-state index contributed by atoms with van der Waals surface area (Å²) >= 11 is 13.0. The number of carbonyl (C=O) groups is 1. The first-order chi connectivity index (χ1) is 8.04. The first kappa shape index (κ1) is 12.4. The highest BCUT2D eigenvalue weighted by atomic mass is 35.5. The number of nitrogens with zero attached hydrogens (tertiary/aromatic N) is 1. The summed E-state index contributed by atoms with van der Waals surface area (Å²) in [5.41, 5.74) is 1.28. The highest BCUT2D eigenvalue weighted by Crippen LogP contribution is 2.21. The van der Waals surface area contributed by atoms with Gasteiger partial charge in [0, 0.05) is 21.0 Å². The van der Waals surface area contributed by atoms with E-state index in [1.807, 2.05) is 12.3 Å². The quantitative estimate of drug-likeness (QED) is 0.906. The molecular formula is C11H8Cl2N2OS. The topological polar surface area (TPSA) is 42.0 Å². The van der Waals surface area contributed by atoms with Crippen LogP contribution in [-0.4, -0.2) is 10.9 Å². The van der Waals surface area contributed by atoms with Gasteiger partial charge in [-0.25, -0.2) is 4.98 Å². The molecule has 1 aromatic carbocycles. The fourth-order valence-corrected chi connectivity index (χ4v) is 2.47. The van der Waals surface area contributed by atoms with Crippen molar-refractivity contribution in [2.24, 2.45) is 0 Å². The van der Waals surface area contributed by atoms with Gasteiger partial charge in [0.25, 0.3) is 5.91 Å². The first-order valence-electron chi connectivity index (χ1n) is 4.74. The second-order valence-corrected chi connectivity index (χ2v) is 5.14. The molecule has 0 aliphatic heterocycles. The number of nitrogens with one attached hydrogen (secondary N) is 1. The van der Waals surface area contributed by atoms with E-state index >= 15 is 0 Å². The molecule has 0 saturated carbocycles. The molecule has 0 unspecified atom stereocenters. The third-order valence-electron chi connectivity index (χ3n) is 1.96. The van der Waals surface area contributed by atoms with Gasteiger partial charge in [-0.05, 0) is 25.1 Å². The summed E-state index contributed by atoms with van der Waals surface area (Å²) in [5.74, 6) is -0.274. The first-order valence-corrected chi connectivity index (χ1v) is 6.38. The maximum Gasteiger partial charge on any atom is 0.257 e. The van der Waals surface area contributed by atoms with Crippen LogP contribution in [-0.2, 0) is 0 Å². The summed E-state index contributed by atoms with van der Waals surface area (Å²) in [7, 11) is 0. The Kier molecular flexibility index (Phi) is 3.66. The lowest BCUT2D eigenvalue weighted by Crippen LogP contribution is -2.11. The molecule has 0 atom stereocenters. The highest BCUT2D eigenvalue weighted by molar-refractivity contribution is 7.13. The number of amides is 1.